The number of hydrogen-bond donors (Lipinski definition) is 0. The minimum atomic E-state index is -1.08. The molecule has 0 aromatic heterocycles. The van der Waals surface area contributed by atoms with Crippen LogP contribution in [0.4, 0.5) is 0 Å². The minimum absolute atomic E-state index is 0. The molecule has 0 aromatic rings. The van der Waals surface area contributed by atoms with Crippen LogP contribution in [0.2, 0.25) is 0 Å². The van der Waals surface area contributed by atoms with Gasteiger partial charge in [0, 0.05) is 29.8 Å². The van der Waals surface area contributed by atoms with Crippen molar-refractivity contribution in [2.45, 2.75) is 34.6 Å². The van der Waals surface area contributed by atoms with Crippen LogP contribution in [0.5, 0.6) is 0 Å². The molecule has 0 amide bonds. The van der Waals surface area contributed by atoms with E-state index in [-0.39, 0.29) is 34.1 Å². The Morgan fingerprint density at radius 3 is 0.455 bits per heavy atom. The van der Waals surface area contributed by atoms with E-state index < -0.39 is 29.8 Å². The van der Waals surface area contributed by atoms with Crippen molar-refractivity contribution in [2.75, 3.05) is 0 Å². The van der Waals surface area contributed by atoms with Crippen molar-refractivity contribution in [1.29, 1.82) is 0 Å². The van der Waals surface area contributed by atoms with E-state index in [0.717, 1.165) is 34.6 Å². The molecule has 0 aliphatic heterocycles. The largest absolute Gasteiger partial charge is 3.00 e. The minimum Gasteiger partial charge on any atom is -0.550 e. The van der Waals surface area contributed by atoms with Crippen LogP contribution in [0.3, 0.4) is 0 Å². The molecule has 0 saturated carbocycles. The van der Waals surface area contributed by atoms with Crippen molar-refractivity contribution in [3.05, 3.63) is 0 Å². The zero-order chi connectivity index (χ0) is 17.9. The van der Waals surface area contributed by atoms with Crippen LogP contribution in [0.25, 0.3) is 0 Å². The molecule has 22 heavy (non-hydrogen) atoms. The van der Waals surface area contributed by atoms with Crippen LogP contribution >= 0.6 is 0 Å². The van der Waals surface area contributed by atoms with Gasteiger partial charge in [0.2, 0.25) is 0 Å². The summed E-state index contributed by atoms with van der Waals surface area (Å²) in [4.78, 5) is 44.4. The van der Waals surface area contributed by atoms with Crippen molar-refractivity contribution in [2.24, 2.45) is 0 Å². The summed E-state index contributed by atoms with van der Waals surface area (Å²) in [5.41, 5.74) is 0. The van der Waals surface area contributed by atoms with Gasteiger partial charge in [0.05, 0.1) is 0 Å². The molecule has 0 unspecified atom stereocenters. The summed E-state index contributed by atoms with van der Waals surface area (Å²) in [7, 11) is 0. The first-order chi connectivity index (χ1) is 8.66. The standard InChI is InChI=1S/5C2H4O2.Co.Cr/c5*1-2(3)4;;/h5*1H3,(H,3,4);;/q;;;;;+2;+3/p-5. The smallest absolute Gasteiger partial charge is 0.550 e. The summed E-state index contributed by atoms with van der Waals surface area (Å²) in [6, 6.07) is 0. The fraction of sp³-hybridized carbons (Fsp3) is 0.500. The van der Waals surface area contributed by atoms with E-state index in [1.807, 2.05) is 0 Å². The molecule has 0 aliphatic rings. The molecule has 0 aromatic carbocycles. The number of carboxylic acids is 5. The van der Waals surface area contributed by atoms with Crippen molar-refractivity contribution in [1.82, 2.24) is 0 Å². The van der Waals surface area contributed by atoms with E-state index in [1.54, 1.807) is 0 Å². The topological polar surface area (TPSA) is 201 Å². The van der Waals surface area contributed by atoms with Gasteiger partial charge in [-0.15, -0.1) is 0 Å². The monoisotopic (exact) mass is 406 g/mol. The van der Waals surface area contributed by atoms with Crippen LogP contribution in [0, 0.1) is 0 Å². The first kappa shape index (κ1) is 42.8. The first-order valence-corrected chi connectivity index (χ1v) is 4.54. The van der Waals surface area contributed by atoms with Gasteiger partial charge in [0.25, 0.3) is 0 Å². The molecule has 0 saturated heterocycles. The van der Waals surface area contributed by atoms with Crippen LogP contribution in [-0.4, -0.2) is 29.8 Å². The Bertz CT molecular complexity index is 216. The predicted octanol–water partition coefficient (Wildman–Crippen LogP) is -6.22. The fourth-order valence-electron chi connectivity index (χ4n) is 0. The third-order valence-corrected chi connectivity index (χ3v) is 0. The predicted molar refractivity (Wildman–Crippen MR) is 53.4 cm³/mol. The van der Waals surface area contributed by atoms with E-state index in [4.69, 9.17) is 49.5 Å². The summed E-state index contributed by atoms with van der Waals surface area (Å²) in [5.74, 6) is -5.42. The van der Waals surface area contributed by atoms with Crippen LogP contribution < -0.4 is 25.5 Å². The molecule has 0 aliphatic carbocycles. The van der Waals surface area contributed by atoms with Gasteiger partial charge in [0.15, 0.2) is 0 Å². The second-order valence-corrected chi connectivity index (χ2v) is 2.46. The Labute approximate surface area is 148 Å². The zero-order valence-corrected chi connectivity index (χ0v) is 14.6. The van der Waals surface area contributed by atoms with Gasteiger partial charge >= 0.3 is 34.1 Å². The molecule has 12 heteroatoms. The molecule has 130 valence electrons. The van der Waals surface area contributed by atoms with Gasteiger partial charge in [-0.25, -0.2) is 0 Å². The zero-order valence-electron chi connectivity index (χ0n) is 12.3. The molecular formula is C10H15CoCrO10. The Hall–Kier alpha value is -1.61. The molecule has 0 spiro atoms. The van der Waals surface area contributed by atoms with E-state index in [0.29, 0.717) is 0 Å². The van der Waals surface area contributed by atoms with Gasteiger partial charge in [-0.3, -0.25) is 0 Å². The number of rotatable bonds is 0. The average molecular weight is 406 g/mol. The second kappa shape index (κ2) is 36.6. The summed E-state index contributed by atoms with van der Waals surface area (Å²) in [6.45, 7) is 4.86. The van der Waals surface area contributed by atoms with Crippen LogP contribution in [0.1, 0.15) is 34.6 Å². The summed E-state index contributed by atoms with van der Waals surface area (Å²) < 4.78 is 0. The van der Waals surface area contributed by atoms with Crippen molar-refractivity contribution < 1.29 is 83.6 Å². The number of carboxylic acid groups (broad SMARTS) is 5. The second-order valence-electron chi connectivity index (χ2n) is 2.46. The molecule has 0 atom stereocenters. The first-order valence-electron chi connectivity index (χ1n) is 4.54. The average Bonchev–Trinajstić information content (AvgIpc) is 1.94. The number of hydrogen-bond acceptors (Lipinski definition) is 10. The fourth-order valence-corrected chi connectivity index (χ4v) is 0. The Balaban J connectivity index is -0.0000000250. The number of carbonyl (C=O) groups excluding carboxylic acids is 5. The molecule has 2 radical (unpaired) electrons. The Morgan fingerprint density at radius 1 is 0.455 bits per heavy atom. The molecule has 0 N–H and O–H groups in total. The summed E-state index contributed by atoms with van der Waals surface area (Å²) in [5, 5.41) is 44.4. The van der Waals surface area contributed by atoms with E-state index >= 15 is 0 Å². The van der Waals surface area contributed by atoms with Gasteiger partial charge < -0.3 is 49.5 Å². The maximum absolute atomic E-state index is 8.89. The third kappa shape index (κ3) is 2140. The van der Waals surface area contributed by atoms with Crippen molar-refractivity contribution >= 4 is 29.8 Å². The Morgan fingerprint density at radius 2 is 0.455 bits per heavy atom. The van der Waals surface area contributed by atoms with Gasteiger partial charge in [-0.2, -0.15) is 0 Å². The van der Waals surface area contributed by atoms with Gasteiger partial charge in [-0.1, -0.05) is 0 Å². The normalized spacial score (nSPS) is 5.68. The van der Waals surface area contributed by atoms with E-state index in [2.05, 4.69) is 0 Å². The summed E-state index contributed by atoms with van der Waals surface area (Å²) >= 11 is 0. The summed E-state index contributed by atoms with van der Waals surface area (Å²) in [6.07, 6.45) is 0. The quantitative estimate of drug-likeness (QED) is 0.372. The number of carbonyl (C=O) groups is 5. The molecule has 0 heterocycles. The van der Waals surface area contributed by atoms with Gasteiger partial charge in [0.1, 0.15) is 0 Å². The molecule has 10 nitrogen and oxygen atoms in total. The Kier molecular flexibility index (Phi) is 71.1. The molecule has 0 fully saturated rings. The maximum atomic E-state index is 8.89. The van der Waals surface area contributed by atoms with Crippen LogP contribution in [0.15, 0.2) is 0 Å². The SMILES string of the molecule is CC(=O)[O-].CC(=O)[O-].CC(=O)[O-].CC(=O)[O-].CC(=O)[O-].[Co+2].[Cr+3]. The molecule has 0 bridgehead atoms. The van der Waals surface area contributed by atoms with E-state index in [9.17, 15) is 0 Å². The number of aliphatic carboxylic acids is 5. The molecular weight excluding hydrogens is 391 g/mol. The van der Waals surface area contributed by atoms with E-state index in [1.165, 1.54) is 0 Å². The maximum Gasteiger partial charge on any atom is 3.00 e. The van der Waals surface area contributed by atoms with Crippen molar-refractivity contribution in [3.8, 4) is 0 Å². The van der Waals surface area contributed by atoms with Gasteiger partial charge in [-0.05, 0) is 34.6 Å². The van der Waals surface area contributed by atoms with Crippen molar-refractivity contribution in [3.63, 3.8) is 0 Å². The van der Waals surface area contributed by atoms with Crippen LogP contribution in [-0.2, 0) is 58.1 Å². The third-order valence-electron chi connectivity index (χ3n) is 0. The molecule has 0 rings (SSSR count).